The van der Waals surface area contributed by atoms with Gasteiger partial charge in [0.05, 0.1) is 6.61 Å². The van der Waals surface area contributed by atoms with Gasteiger partial charge in [0.25, 0.3) is 19.4 Å². The third kappa shape index (κ3) is 3.37. The molecule has 0 aromatic rings. The topological polar surface area (TPSA) is 58.3 Å². The minimum atomic E-state index is -2.84. The van der Waals surface area contributed by atoms with Crippen molar-refractivity contribution in [2.45, 2.75) is 6.42 Å². The number of rotatable bonds is 0. The number of hydrogen-bond acceptors (Lipinski definition) is 5. The minimum Gasteiger partial charge on any atom is -0.316 e. The molecule has 2 heterocycles. The molecule has 0 aliphatic carbocycles. The Morgan fingerprint density at radius 2 is 1.67 bits per heavy atom. The molecule has 1 spiro atoms. The standard InChI is InChI=1S/C3H7Cl4N4OP3/c4-13(5)9-14(6,7)11-15(10-13)8-2-1-3-12-15/h8H,1-3H2. The number of halogens is 4. The van der Waals surface area contributed by atoms with Crippen LogP contribution in [-0.4, -0.2) is 13.2 Å². The molecule has 2 rings (SSSR count). The first-order valence-corrected chi connectivity index (χ1v) is 12.5. The molecule has 0 bridgehead atoms. The average molecular weight is 350 g/mol. The van der Waals surface area contributed by atoms with E-state index in [-0.39, 0.29) is 0 Å². The molecule has 0 aromatic heterocycles. The van der Waals surface area contributed by atoms with Crippen molar-refractivity contribution in [1.82, 2.24) is 5.09 Å². The summed E-state index contributed by atoms with van der Waals surface area (Å²) in [5.41, 5.74) is 0. The zero-order valence-electron chi connectivity index (χ0n) is 7.22. The van der Waals surface area contributed by atoms with E-state index in [0.717, 1.165) is 13.0 Å². The van der Waals surface area contributed by atoms with Gasteiger partial charge in [0, 0.05) is 6.54 Å². The molecule has 1 fully saturated rings. The average Bonchev–Trinajstić information content (AvgIpc) is 1.97. The zero-order chi connectivity index (χ0) is 11.2. The summed E-state index contributed by atoms with van der Waals surface area (Å²) in [6.45, 7) is 1.29. The summed E-state index contributed by atoms with van der Waals surface area (Å²) in [6, 6.07) is 0. The molecule has 0 aromatic carbocycles. The first-order chi connectivity index (χ1) is 6.83. The lowest BCUT2D eigenvalue weighted by atomic mass is 10.5. The van der Waals surface area contributed by atoms with Gasteiger partial charge in [-0.05, 0) is 51.4 Å². The third-order valence-corrected chi connectivity index (χ3v) is 13.0. The number of nitrogens with one attached hydrogen (secondary N) is 1. The largest absolute Gasteiger partial charge is 0.316 e. The molecule has 88 valence electrons. The van der Waals surface area contributed by atoms with E-state index in [2.05, 4.69) is 18.6 Å². The van der Waals surface area contributed by atoms with Gasteiger partial charge in [-0.25, -0.2) is 5.09 Å². The Kier molecular flexibility index (Phi) is 3.93. The maximum Gasteiger partial charge on any atom is 0.279 e. The van der Waals surface area contributed by atoms with Gasteiger partial charge in [-0.3, -0.25) is 0 Å². The van der Waals surface area contributed by atoms with Gasteiger partial charge in [-0.15, -0.1) is 0 Å². The number of nitrogens with zero attached hydrogens (tertiary/aromatic N) is 3. The normalized spacial score (nSPS) is 37.6. The van der Waals surface area contributed by atoms with Crippen LogP contribution in [0.5, 0.6) is 0 Å². The summed E-state index contributed by atoms with van der Waals surface area (Å²) in [7, 11) is -2.55. The van der Waals surface area contributed by atoms with E-state index in [4.69, 9.17) is 49.5 Å². The molecule has 1 atom stereocenters. The Hall–Kier alpha value is 1.77. The molecule has 2 aliphatic rings. The second-order valence-electron chi connectivity index (χ2n) is 2.82. The molecular formula is C3H7Cl4N4OP3. The van der Waals surface area contributed by atoms with Crippen LogP contribution in [0.25, 0.3) is 0 Å². The molecule has 1 N–H and O–H groups in total. The molecule has 0 saturated carbocycles. The van der Waals surface area contributed by atoms with Gasteiger partial charge >= 0.3 is 0 Å². The van der Waals surface area contributed by atoms with Crippen LogP contribution in [0.2, 0.25) is 0 Å². The van der Waals surface area contributed by atoms with Crippen molar-refractivity contribution in [3.8, 4) is 0 Å². The maximum atomic E-state index is 5.93. The van der Waals surface area contributed by atoms with Crippen LogP contribution in [0, 0.1) is 0 Å². The van der Waals surface area contributed by atoms with Crippen molar-refractivity contribution in [3.63, 3.8) is 0 Å². The fraction of sp³-hybridized carbons (Fsp3) is 1.00. The first-order valence-electron chi connectivity index (χ1n) is 3.92. The molecule has 0 radical (unpaired) electrons. The lowest BCUT2D eigenvalue weighted by Gasteiger charge is -2.29. The van der Waals surface area contributed by atoms with E-state index in [9.17, 15) is 0 Å². The van der Waals surface area contributed by atoms with E-state index in [1.54, 1.807) is 0 Å². The quantitative estimate of drug-likeness (QED) is 0.561. The van der Waals surface area contributed by atoms with E-state index in [0.29, 0.717) is 6.61 Å². The zero-order valence-corrected chi connectivity index (χ0v) is 12.9. The maximum absolute atomic E-state index is 5.93. The van der Waals surface area contributed by atoms with Crippen molar-refractivity contribution in [2.75, 3.05) is 13.2 Å². The van der Waals surface area contributed by atoms with Crippen molar-refractivity contribution < 1.29 is 4.52 Å². The van der Waals surface area contributed by atoms with Crippen LogP contribution in [-0.2, 0) is 4.52 Å². The SMILES string of the molecule is ClP1(Cl)=NP(Cl)(Cl)=NP2(=N1)NCCCO2. The summed E-state index contributed by atoms with van der Waals surface area (Å²) in [5.74, 6) is -5.69. The predicted octanol–water partition coefficient (Wildman–Crippen LogP) is 5.80. The molecular weight excluding hydrogens is 343 g/mol. The summed E-state index contributed by atoms with van der Waals surface area (Å²) in [6.07, 6.45) is 0.885. The molecule has 1 unspecified atom stereocenters. The van der Waals surface area contributed by atoms with Crippen LogP contribution in [0.4, 0.5) is 0 Å². The van der Waals surface area contributed by atoms with Gasteiger partial charge in [0.2, 0.25) is 0 Å². The van der Waals surface area contributed by atoms with Gasteiger partial charge in [0.1, 0.15) is 0 Å². The van der Waals surface area contributed by atoms with Crippen LogP contribution in [0.1, 0.15) is 6.42 Å². The Morgan fingerprint density at radius 1 is 1.00 bits per heavy atom. The van der Waals surface area contributed by atoms with Crippen molar-refractivity contribution in [3.05, 3.63) is 0 Å². The smallest absolute Gasteiger partial charge is 0.279 e. The summed E-state index contributed by atoms with van der Waals surface area (Å²) < 4.78 is 17.6. The second kappa shape index (κ2) is 4.46. The van der Waals surface area contributed by atoms with E-state index < -0.39 is 19.4 Å². The third-order valence-electron chi connectivity index (χ3n) is 1.58. The summed E-state index contributed by atoms with van der Waals surface area (Å²) in [5, 5.41) is 3.06. The summed E-state index contributed by atoms with van der Waals surface area (Å²) >= 11 is 23.7. The molecule has 2 aliphatic heterocycles. The highest BCUT2D eigenvalue weighted by atomic mass is 35.9. The van der Waals surface area contributed by atoms with Gasteiger partial charge in [0.15, 0.2) is 0 Å². The van der Waals surface area contributed by atoms with Gasteiger partial charge in [-0.2, -0.15) is 13.5 Å². The molecule has 5 nitrogen and oxygen atoms in total. The molecule has 12 heteroatoms. The van der Waals surface area contributed by atoms with Crippen LogP contribution in [0.15, 0.2) is 13.5 Å². The predicted molar refractivity (Wildman–Crippen MR) is 70.0 cm³/mol. The summed E-state index contributed by atoms with van der Waals surface area (Å²) in [4.78, 5) is 0. The van der Waals surface area contributed by atoms with Crippen LogP contribution in [0.3, 0.4) is 0 Å². The Balaban J connectivity index is 2.55. The highest BCUT2D eigenvalue weighted by Crippen LogP contribution is 2.84. The van der Waals surface area contributed by atoms with Gasteiger partial charge < -0.3 is 4.52 Å². The Bertz CT molecular complexity index is 419. The van der Waals surface area contributed by atoms with E-state index in [1.165, 1.54) is 0 Å². The van der Waals surface area contributed by atoms with E-state index in [1.807, 2.05) is 0 Å². The highest BCUT2D eigenvalue weighted by Gasteiger charge is 2.35. The molecule has 1 saturated heterocycles. The van der Waals surface area contributed by atoms with Crippen LogP contribution >= 0.6 is 64.4 Å². The fourth-order valence-electron chi connectivity index (χ4n) is 1.12. The van der Waals surface area contributed by atoms with Crippen molar-refractivity contribution >= 4 is 64.4 Å². The van der Waals surface area contributed by atoms with Crippen molar-refractivity contribution in [1.29, 1.82) is 0 Å². The second-order valence-corrected chi connectivity index (χ2v) is 15.1. The Morgan fingerprint density at radius 3 is 2.20 bits per heavy atom. The number of hydrogen-bond donors (Lipinski definition) is 1. The highest BCUT2D eigenvalue weighted by molar-refractivity contribution is 8.20. The lowest BCUT2D eigenvalue weighted by molar-refractivity contribution is 0.310. The van der Waals surface area contributed by atoms with E-state index >= 15 is 0 Å². The molecule has 15 heavy (non-hydrogen) atoms. The van der Waals surface area contributed by atoms with Crippen LogP contribution < -0.4 is 5.09 Å². The Labute approximate surface area is 107 Å². The minimum absolute atomic E-state index is 0.551. The first kappa shape index (κ1) is 13.2. The lowest BCUT2D eigenvalue weighted by Crippen LogP contribution is -2.20. The fourth-order valence-corrected chi connectivity index (χ4v) is 15.8. The van der Waals surface area contributed by atoms with Gasteiger partial charge in [-0.1, -0.05) is 0 Å². The van der Waals surface area contributed by atoms with Crippen molar-refractivity contribution in [2.24, 2.45) is 13.5 Å². The monoisotopic (exact) mass is 348 g/mol. The molecule has 0 amide bonds.